The minimum absolute atomic E-state index is 0.0453. The van der Waals surface area contributed by atoms with E-state index in [0.717, 1.165) is 25.8 Å². The van der Waals surface area contributed by atoms with Gasteiger partial charge in [-0.1, -0.05) is 66.4 Å². The van der Waals surface area contributed by atoms with Crippen LogP contribution in [0.3, 0.4) is 0 Å². The van der Waals surface area contributed by atoms with E-state index >= 15 is 0 Å². The highest BCUT2D eigenvalue weighted by Crippen LogP contribution is 2.38. The molecule has 0 bridgehead atoms. The maximum absolute atomic E-state index is 12.5. The van der Waals surface area contributed by atoms with Crippen LogP contribution in [0.5, 0.6) is 5.75 Å². The standard InChI is InChI=1S/C23H17Br2NO2S2/c1-2-26-22(27)20(30-23(26)29)12-14-10-18(24)21(19(25)11-14)28-13-16-8-5-7-15-6-3-4-9-17(15)16/h3-12H,2,13H2,1H3/b20-12+. The number of hydrogen-bond donors (Lipinski definition) is 0. The van der Waals surface area contributed by atoms with Crippen LogP contribution in [0.15, 0.2) is 68.4 Å². The summed E-state index contributed by atoms with van der Waals surface area (Å²) in [4.78, 5) is 14.7. The van der Waals surface area contributed by atoms with Gasteiger partial charge in [-0.05, 0) is 78.9 Å². The molecule has 1 heterocycles. The van der Waals surface area contributed by atoms with Crippen LogP contribution in [-0.2, 0) is 11.4 Å². The van der Waals surface area contributed by atoms with Gasteiger partial charge in [-0.3, -0.25) is 9.69 Å². The molecule has 4 rings (SSSR count). The largest absolute Gasteiger partial charge is 0.487 e. The van der Waals surface area contributed by atoms with Crippen molar-refractivity contribution in [1.82, 2.24) is 4.90 Å². The Bertz CT molecular complexity index is 1160. The third kappa shape index (κ3) is 4.35. The molecule has 3 aromatic carbocycles. The lowest BCUT2D eigenvalue weighted by atomic mass is 10.1. The SMILES string of the molecule is CCN1C(=O)/C(=C\c2cc(Br)c(OCc3cccc4ccccc34)c(Br)c2)SC1=S. The highest BCUT2D eigenvalue weighted by Gasteiger charge is 2.30. The maximum atomic E-state index is 12.5. The number of likely N-dealkylation sites (N-methyl/N-ethyl adjacent to an activating group) is 1. The third-order valence-corrected chi connectivity index (χ3v) is 7.32. The molecule has 0 radical (unpaired) electrons. The molecule has 7 heteroatoms. The van der Waals surface area contributed by atoms with Gasteiger partial charge in [-0.2, -0.15) is 0 Å². The molecule has 0 aliphatic carbocycles. The van der Waals surface area contributed by atoms with Crippen molar-refractivity contribution >= 4 is 82.9 Å². The minimum atomic E-state index is -0.0453. The van der Waals surface area contributed by atoms with Crippen molar-refractivity contribution in [2.24, 2.45) is 0 Å². The number of carbonyl (C=O) groups is 1. The number of ether oxygens (including phenoxy) is 1. The Balaban J connectivity index is 1.57. The summed E-state index contributed by atoms with van der Waals surface area (Å²) in [7, 11) is 0. The monoisotopic (exact) mass is 561 g/mol. The Hall–Kier alpha value is -1.67. The fraction of sp³-hybridized carbons (Fsp3) is 0.130. The van der Waals surface area contributed by atoms with Gasteiger partial charge in [-0.25, -0.2) is 0 Å². The van der Waals surface area contributed by atoms with Crippen molar-refractivity contribution in [1.29, 1.82) is 0 Å². The summed E-state index contributed by atoms with van der Waals surface area (Å²) >= 11 is 13.8. The number of thiocarbonyl (C=S) groups is 1. The van der Waals surface area contributed by atoms with Crippen LogP contribution < -0.4 is 4.74 Å². The number of rotatable bonds is 5. The first-order chi connectivity index (χ1) is 14.5. The number of amides is 1. The number of thioether (sulfide) groups is 1. The van der Waals surface area contributed by atoms with Crippen LogP contribution in [0.4, 0.5) is 0 Å². The van der Waals surface area contributed by atoms with Gasteiger partial charge in [0.15, 0.2) is 0 Å². The molecule has 0 unspecified atom stereocenters. The average molecular weight is 563 g/mol. The number of hydrogen-bond acceptors (Lipinski definition) is 4. The van der Waals surface area contributed by atoms with E-state index in [-0.39, 0.29) is 5.91 Å². The molecule has 1 aliphatic heterocycles. The van der Waals surface area contributed by atoms with Crippen molar-refractivity contribution in [3.8, 4) is 5.75 Å². The number of benzene rings is 3. The van der Waals surface area contributed by atoms with Crippen LogP contribution in [-0.4, -0.2) is 21.7 Å². The van der Waals surface area contributed by atoms with E-state index in [0.29, 0.717) is 22.4 Å². The quantitative estimate of drug-likeness (QED) is 0.243. The smallest absolute Gasteiger partial charge is 0.266 e. The Kier molecular flexibility index (Phi) is 6.63. The van der Waals surface area contributed by atoms with Gasteiger partial charge in [0.2, 0.25) is 0 Å². The van der Waals surface area contributed by atoms with Crippen LogP contribution in [0.2, 0.25) is 0 Å². The summed E-state index contributed by atoms with van der Waals surface area (Å²) in [5.74, 6) is 0.678. The molecule has 152 valence electrons. The highest BCUT2D eigenvalue weighted by molar-refractivity contribution is 9.11. The van der Waals surface area contributed by atoms with Crippen molar-refractivity contribution in [3.05, 3.63) is 79.6 Å². The molecule has 1 amide bonds. The van der Waals surface area contributed by atoms with Crippen molar-refractivity contribution in [2.45, 2.75) is 13.5 Å². The number of nitrogens with zero attached hydrogens (tertiary/aromatic N) is 1. The molecule has 1 aliphatic rings. The Morgan fingerprint density at radius 1 is 1.10 bits per heavy atom. The zero-order valence-electron chi connectivity index (χ0n) is 16.0. The Morgan fingerprint density at radius 3 is 2.50 bits per heavy atom. The summed E-state index contributed by atoms with van der Waals surface area (Å²) in [6.07, 6.45) is 1.86. The van der Waals surface area contributed by atoms with Gasteiger partial charge >= 0.3 is 0 Å². The highest BCUT2D eigenvalue weighted by atomic mass is 79.9. The summed E-state index contributed by atoms with van der Waals surface area (Å²) in [5.41, 5.74) is 2.02. The summed E-state index contributed by atoms with van der Waals surface area (Å²) in [5, 5.41) is 2.37. The van der Waals surface area contributed by atoms with Crippen LogP contribution >= 0.6 is 55.8 Å². The second kappa shape index (κ2) is 9.22. The molecule has 0 atom stereocenters. The number of halogens is 2. The van der Waals surface area contributed by atoms with Gasteiger partial charge in [0.25, 0.3) is 5.91 Å². The third-order valence-electron chi connectivity index (χ3n) is 4.76. The summed E-state index contributed by atoms with van der Waals surface area (Å²) in [6, 6.07) is 18.4. The van der Waals surface area contributed by atoms with E-state index < -0.39 is 0 Å². The van der Waals surface area contributed by atoms with E-state index in [1.807, 2.05) is 43.3 Å². The van der Waals surface area contributed by atoms with Gasteiger partial charge in [0, 0.05) is 6.54 Å². The molecular weight excluding hydrogens is 546 g/mol. The fourth-order valence-electron chi connectivity index (χ4n) is 3.29. The molecule has 3 aromatic rings. The molecule has 0 spiro atoms. The Labute approximate surface area is 201 Å². The lowest BCUT2D eigenvalue weighted by molar-refractivity contribution is -0.121. The maximum Gasteiger partial charge on any atom is 0.266 e. The second-order valence-electron chi connectivity index (χ2n) is 6.67. The van der Waals surface area contributed by atoms with Crippen LogP contribution in [0.1, 0.15) is 18.1 Å². The average Bonchev–Trinajstić information content (AvgIpc) is 2.99. The normalized spacial score (nSPS) is 15.4. The molecule has 1 fully saturated rings. The zero-order chi connectivity index (χ0) is 21.3. The van der Waals surface area contributed by atoms with Crippen molar-refractivity contribution in [2.75, 3.05) is 6.54 Å². The Morgan fingerprint density at radius 2 is 1.80 bits per heavy atom. The molecule has 30 heavy (non-hydrogen) atoms. The van der Waals surface area contributed by atoms with E-state index in [4.69, 9.17) is 17.0 Å². The lowest BCUT2D eigenvalue weighted by Gasteiger charge is -2.13. The van der Waals surface area contributed by atoms with Crippen molar-refractivity contribution in [3.63, 3.8) is 0 Å². The van der Waals surface area contributed by atoms with Crippen LogP contribution in [0.25, 0.3) is 16.8 Å². The van der Waals surface area contributed by atoms with Gasteiger partial charge in [0.1, 0.15) is 16.7 Å². The zero-order valence-corrected chi connectivity index (χ0v) is 20.8. The first-order valence-corrected chi connectivity index (χ1v) is 12.1. The van der Waals surface area contributed by atoms with Gasteiger partial charge in [0.05, 0.1) is 13.9 Å². The molecule has 0 aromatic heterocycles. The molecular formula is C23H17Br2NO2S2. The van der Waals surface area contributed by atoms with Crippen molar-refractivity contribution < 1.29 is 9.53 Å². The van der Waals surface area contributed by atoms with Gasteiger partial charge < -0.3 is 4.74 Å². The first kappa shape index (κ1) is 21.6. The second-order valence-corrected chi connectivity index (χ2v) is 10.1. The van der Waals surface area contributed by atoms with E-state index in [2.05, 4.69) is 56.1 Å². The molecule has 0 N–H and O–H groups in total. The minimum Gasteiger partial charge on any atom is -0.487 e. The topological polar surface area (TPSA) is 29.5 Å². The number of carbonyl (C=O) groups excluding carboxylic acids is 1. The summed E-state index contributed by atoms with van der Waals surface area (Å²) < 4.78 is 8.37. The van der Waals surface area contributed by atoms with Gasteiger partial charge in [-0.15, -0.1) is 0 Å². The molecule has 3 nitrogen and oxygen atoms in total. The predicted molar refractivity (Wildman–Crippen MR) is 136 cm³/mol. The molecule has 0 saturated carbocycles. The summed E-state index contributed by atoms with van der Waals surface area (Å²) in [6.45, 7) is 2.95. The van der Waals surface area contributed by atoms with Crippen LogP contribution in [0, 0.1) is 0 Å². The van der Waals surface area contributed by atoms with E-state index in [9.17, 15) is 4.79 Å². The number of fused-ring (bicyclic) bond motifs is 1. The fourth-order valence-corrected chi connectivity index (χ4v) is 6.13. The lowest BCUT2D eigenvalue weighted by Crippen LogP contribution is -2.27. The predicted octanol–water partition coefficient (Wildman–Crippen LogP) is 7.16. The first-order valence-electron chi connectivity index (χ1n) is 9.31. The van der Waals surface area contributed by atoms with E-state index in [1.165, 1.54) is 22.5 Å². The molecule has 1 saturated heterocycles. The van der Waals surface area contributed by atoms with E-state index in [1.54, 1.807) is 4.90 Å².